The number of unbranched alkanes of at least 4 members (excludes halogenated alkanes) is 1. The van der Waals surface area contributed by atoms with Gasteiger partial charge in [0.1, 0.15) is 0 Å². The Balaban J connectivity index is 2.11. The third-order valence-corrected chi connectivity index (χ3v) is 3.59. The van der Waals surface area contributed by atoms with Crippen molar-refractivity contribution in [3.63, 3.8) is 0 Å². The molecule has 0 aliphatic rings. The largest absolute Gasteiger partial charge is 0.370 e. The first-order valence-corrected chi connectivity index (χ1v) is 7.41. The molecule has 0 saturated carbocycles. The molecule has 0 fully saturated rings. The number of primary amides is 1. The Morgan fingerprint density at radius 3 is 2.73 bits per heavy atom. The summed E-state index contributed by atoms with van der Waals surface area (Å²) in [6, 6.07) is 5.84. The molecule has 5 heteroatoms. The van der Waals surface area contributed by atoms with E-state index in [1.54, 1.807) is 6.20 Å². The van der Waals surface area contributed by atoms with Crippen molar-refractivity contribution in [2.24, 2.45) is 5.73 Å². The number of nitrogens with one attached hydrogen (secondary N) is 1. The first-order valence-electron chi connectivity index (χ1n) is 7.41. The molecule has 0 aliphatic heterocycles. The fraction of sp³-hybridized carbons (Fsp3) is 0.353. The summed E-state index contributed by atoms with van der Waals surface area (Å²) in [4.78, 5) is 27.4. The average molecular weight is 299 g/mol. The van der Waals surface area contributed by atoms with Crippen LogP contribution in [0.2, 0.25) is 0 Å². The topological polar surface area (TPSA) is 85.1 Å². The third kappa shape index (κ3) is 3.81. The van der Waals surface area contributed by atoms with Crippen LogP contribution in [-0.4, -0.2) is 23.3 Å². The highest BCUT2D eigenvalue weighted by molar-refractivity contribution is 6.06. The summed E-state index contributed by atoms with van der Waals surface area (Å²) in [6.45, 7) is 4.50. The molecule has 1 heterocycles. The predicted molar refractivity (Wildman–Crippen MR) is 86.6 cm³/mol. The first-order chi connectivity index (χ1) is 10.5. The van der Waals surface area contributed by atoms with E-state index in [0.717, 1.165) is 28.5 Å². The Bertz CT molecular complexity index is 710. The normalized spacial score (nSPS) is 10.6. The van der Waals surface area contributed by atoms with Crippen LogP contribution in [0, 0.1) is 13.8 Å². The summed E-state index contributed by atoms with van der Waals surface area (Å²) in [5, 5.41) is 3.88. The highest BCUT2D eigenvalue weighted by Crippen LogP contribution is 2.22. The maximum absolute atomic E-state index is 12.4. The van der Waals surface area contributed by atoms with E-state index >= 15 is 0 Å². The molecule has 116 valence electrons. The van der Waals surface area contributed by atoms with Gasteiger partial charge in [-0.3, -0.25) is 14.6 Å². The molecular weight excluding hydrogens is 278 g/mol. The lowest BCUT2D eigenvalue weighted by molar-refractivity contribution is -0.118. The number of pyridine rings is 1. The Labute approximate surface area is 129 Å². The highest BCUT2D eigenvalue weighted by atomic mass is 16.2. The predicted octanol–water partition coefficient (Wildman–Crippen LogP) is 2.24. The molecule has 0 atom stereocenters. The fourth-order valence-electron chi connectivity index (χ4n) is 2.43. The van der Waals surface area contributed by atoms with Gasteiger partial charge in [0.15, 0.2) is 0 Å². The van der Waals surface area contributed by atoms with Crippen molar-refractivity contribution in [2.45, 2.75) is 33.1 Å². The lowest BCUT2D eigenvalue weighted by Gasteiger charge is -2.10. The molecule has 0 spiro atoms. The number of rotatable bonds is 6. The van der Waals surface area contributed by atoms with Crippen molar-refractivity contribution in [1.29, 1.82) is 0 Å². The van der Waals surface area contributed by atoms with Crippen LogP contribution in [0.3, 0.4) is 0 Å². The number of aromatic nitrogens is 1. The number of nitrogens with zero attached hydrogens (tertiary/aromatic N) is 1. The summed E-state index contributed by atoms with van der Waals surface area (Å²) < 4.78 is 0. The second kappa shape index (κ2) is 7.02. The molecule has 3 N–H and O–H groups in total. The minimum atomic E-state index is -0.310. The second-order valence-corrected chi connectivity index (χ2v) is 5.52. The second-order valence-electron chi connectivity index (χ2n) is 5.52. The van der Waals surface area contributed by atoms with Crippen LogP contribution in [0.25, 0.3) is 10.9 Å². The van der Waals surface area contributed by atoms with Crippen LogP contribution in [-0.2, 0) is 4.79 Å². The monoisotopic (exact) mass is 299 g/mol. The first kappa shape index (κ1) is 15.9. The zero-order valence-corrected chi connectivity index (χ0v) is 13.0. The smallest absolute Gasteiger partial charge is 0.253 e. The molecule has 2 aromatic rings. The lowest BCUT2D eigenvalue weighted by Crippen LogP contribution is -2.25. The van der Waals surface area contributed by atoms with Crippen molar-refractivity contribution in [3.05, 3.63) is 41.1 Å². The Morgan fingerprint density at radius 1 is 1.23 bits per heavy atom. The molecular formula is C17H21N3O2. The van der Waals surface area contributed by atoms with Gasteiger partial charge in [0, 0.05) is 24.5 Å². The Kier molecular flexibility index (Phi) is 5.09. The zero-order valence-electron chi connectivity index (χ0n) is 13.0. The van der Waals surface area contributed by atoms with Crippen LogP contribution in [0.5, 0.6) is 0 Å². The molecule has 5 nitrogen and oxygen atoms in total. The van der Waals surface area contributed by atoms with Crippen molar-refractivity contribution in [3.8, 4) is 0 Å². The van der Waals surface area contributed by atoms with E-state index in [9.17, 15) is 9.59 Å². The van der Waals surface area contributed by atoms with Crippen molar-refractivity contribution in [2.75, 3.05) is 6.54 Å². The van der Waals surface area contributed by atoms with Crippen molar-refractivity contribution >= 4 is 22.7 Å². The van der Waals surface area contributed by atoms with Gasteiger partial charge in [-0.25, -0.2) is 0 Å². The molecule has 1 aromatic heterocycles. The number of fused-ring (bicyclic) bond motifs is 1. The molecule has 0 saturated heterocycles. The van der Waals surface area contributed by atoms with Gasteiger partial charge in [0.05, 0.1) is 11.1 Å². The quantitative estimate of drug-likeness (QED) is 0.802. The standard InChI is InChI=1S/C17H21N3O2/c1-11-9-13-12(2)6-8-19-16(13)14(10-11)17(22)20-7-4-3-5-15(18)21/h6,8-10H,3-5,7H2,1-2H3,(H2,18,21)(H,20,22). The van der Waals surface area contributed by atoms with Gasteiger partial charge in [-0.15, -0.1) is 0 Å². The minimum Gasteiger partial charge on any atom is -0.370 e. The molecule has 0 unspecified atom stereocenters. The summed E-state index contributed by atoms with van der Waals surface area (Å²) in [6.07, 6.45) is 3.48. The number of benzene rings is 1. The Hall–Kier alpha value is -2.43. The molecule has 0 aliphatic carbocycles. The van der Waals surface area contributed by atoms with E-state index < -0.39 is 0 Å². The van der Waals surface area contributed by atoms with E-state index in [0.29, 0.717) is 24.9 Å². The van der Waals surface area contributed by atoms with Crippen LogP contribution in [0.1, 0.15) is 40.7 Å². The van der Waals surface area contributed by atoms with Crippen LogP contribution >= 0.6 is 0 Å². The lowest BCUT2D eigenvalue weighted by atomic mass is 10.0. The van der Waals surface area contributed by atoms with E-state index in [2.05, 4.69) is 10.3 Å². The molecule has 0 radical (unpaired) electrons. The van der Waals surface area contributed by atoms with E-state index in [1.165, 1.54) is 0 Å². The van der Waals surface area contributed by atoms with Crippen molar-refractivity contribution < 1.29 is 9.59 Å². The number of amides is 2. The Morgan fingerprint density at radius 2 is 2.00 bits per heavy atom. The van der Waals surface area contributed by atoms with Crippen molar-refractivity contribution in [1.82, 2.24) is 10.3 Å². The summed E-state index contributed by atoms with van der Waals surface area (Å²) in [5.74, 6) is -0.443. The van der Waals surface area contributed by atoms with E-state index in [-0.39, 0.29) is 11.8 Å². The molecule has 2 amide bonds. The zero-order chi connectivity index (χ0) is 16.1. The van der Waals surface area contributed by atoms with E-state index in [1.807, 2.05) is 32.0 Å². The van der Waals surface area contributed by atoms with Crippen LogP contribution in [0.15, 0.2) is 24.4 Å². The minimum absolute atomic E-state index is 0.133. The maximum Gasteiger partial charge on any atom is 0.253 e. The van der Waals surface area contributed by atoms with Gasteiger partial charge < -0.3 is 11.1 Å². The highest BCUT2D eigenvalue weighted by Gasteiger charge is 2.12. The maximum atomic E-state index is 12.4. The molecule has 1 aromatic carbocycles. The fourth-order valence-corrected chi connectivity index (χ4v) is 2.43. The van der Waals surface area contributed by atoms with Gasteiger partial charge in [0.25, 0.3) is 5.91 Å². The number of nitrogens with two attached hydrogens (primary N) is 1. The van der Waals surface area contributed by atoms with Gasteiger partial charge in [0.2, 0.25) is 5.91 Å². The van der Waals surface area contributed by atoms with Gasteiger partial charge in [-0.05, 0) is 56.0 Å². The third-order valence-electron chi connectivity index (χ3n) is 3.59. The van der Waals surface area contributed by atoms with E-state index in [4.69, 9.17) is 5.73 Å². The number of hydrogen-bond acceptors (Lipinski definition) is 3. The summed E-state index contributed by atoms with van der Waals surface area (Å²) >= 11 is 0. The summed E-state index contributed by atoms with van der Waals surface area (Å²) in [5.41, 5.74) is 8.53. The van der Waals surface area contributed by atoms with Gasteiger partial charge >= 0.3 is 0 Å². The van der Waals surface area contributed by atoms with Gasteiger partial charge in [-0.1, -0.05) is 0 Å². The van der Waals surface area contributed by atoms with Crippen LogP contribution < -0.4 is 11.1 Å². The number of hydrogen-bond donors (Lipinski definition) is 2. The SMILES string of the molecule is Cc1cc(C(=O)NCCCCC(N)=O)c2nccc(C)c2c1. The number of aryl methyl sites for hydroxylation is 2. The van der Waals surface area contributed by atoms with Crippen LogP contribution in [0.4, 0.5) is 0 Å². The molecule has 22 heavy (non-hydrogen) atoms. The number of carbonyl (C=O) groups excluding carboxylic acids is 2. The summed E-state index contributed by atoms with van der Waals surface area (Å²) in [7, 11) is 0. The number of carbonyl (C=O) groups is 2. The molecule has 2 rings (SSSR count). The molecule has 0 bridgehead atoms. The van der Waals surface area contributed by atoms with Gasteiger partial charge in [-0.2, -0.15) is 0 Å². The average Bonchev–Trinajstić information content (AvgIpc) is 2.46.